The van der Waals surface area contributed by atoms with Crippen molar-refractivity contribution in [3.8, 4) is 0 Å². The molecule has 0 saturated carbocycles. The summed E-state index contributed by atoms with van der Waals surface area (Å²) in [6.45, 7) is 1.42. The number of amides is 2. The van der Waals surface area contributed by atoms with Gasteiger partial charge < -0.3 is 10.6 Å². The van der Waals surface area contributed by atoms with Crippen molar-refractivity contribution in [1.82, 2.24) is 15.5 Å². The van der Waals surface area contributed by atoms with Gasteiger partial charge in [-0.2, -0.15) is 5.10 Å². The van der Waals surface area contributed by atoms with Gasteiger partial charge in [0.2, 0.25) is 11.8 Å². The molecule has 6 nitrogen and oxygen atoms in total. The number of hydrogen-bond acceptors (Lipinski definition) is 3. The van der Waals surface area contributed by atoms with E-state index in [1.165, 1.54) is 19.3 Å². The molecule has 2 amide bonds. The Morgan fingerprint density at radius 3 is 2.93 bits per heavy atom. The first kappa shape index (κ1) is 11.5. The SMILES string of the molecule is CC(Cl)C(=O)NCC(=O)Nc1cn[nH]c1. The molecule has 7 heteroatoms. The topological polar surface area (TPSA) is 86.9 Å². The highest BCUT2D eigenvalue weighted by molar-refractivity contribution is 6.30. The van der Waals surface area contributed by atoms with Gasteiger partial charge in [0.15, 0.2) is 0 Å². The molecule has 3 N–H and O–H groups in total. The van der Waals surface area contributed by atoms with Crippen LogP contribution >= 0.6 is 11.6 Å². The number of aromatic amines is 1. The Hall–Kier alpha value is -1.56. The number of carbonyl (C=O) groups is 2. The van der Waals surface area contributed by atoms with E-state index in [1.807, 2.05) is 0 Å². The molecule has 1 rings (SSSR count). The Labute approximate surface area is 91.4 Å². The number of nitrogens with one attached hydrogen (secondary N) is 3. The fraction of sp³-hybridized carbons (Fsp3) is 0.375. The van der Waals surface area contributed by atoms with Crippen molar-refractivity contribution in [2.75, 3.05) is 11.9 Å². The molecule has 1 aromatic heterocycles. The highest BCUT2D eigenvalue weighted by Gasteiger charge is 2.10. The van der Waals surface area contributed by atoms with Gasteiger partial charge in [-0.05, 0) is 6.92 Å². The average molecular weight is 231 g/mol. The van der Waals surface area contributed by atoms with E-state index in [0.29, 0.717) is 5.69 Å². The normalized spacial score (nSPS) is 11.9. The van der Waals surface area contributed by atoms with Crippen molar-refractivity contribution in [3.05, 3.63) is 12.4 Å². The van der Waals surface area contributed by atoms with Gasteiger partial charge in [-0.3, -0.25) is 14.7 Å². The maximum Gasteiger partial charge on any atom is 0.243 e. The molecule has 0 aromatic carbocycles. The van der Waals surface area contributed by atoms with Gasteiger partial charge in [-0.1, -0.05) is 0 Å². The Morgan fingerprint density at radius 1 is 1.67 bits per heavy atom. The third kappa shape index (κ3) is 3.99. The maximum atomic E-state index is 11.2. The van der Waals surface area contributed by atoms with Gasteiger partial charge in [0.05, 0.1) is 18.4 Å². The van der Waals surface area contributed by atoms with Crippen LogP contribution in [0.5, 0.6) is 0 Å². The largest absolute Gasteiger partial charge is 0.346 e. The predicted molar refractivity (Wildman–Crippen MR) is 55.5 cm³/mol. The van der Waals surface area contributed by atoms with E-state index in [-0.39, 0.29) is 18.4 Å². The second-order valence-electron chi connectivity index (χ2n) is 2.87. The molecule has 0 aliphatic rings. The zero-order valence-electron chi connectivity index (χ0n) is 8.08. The highest BCUT2D eigenvalue weighted by atomic mass is 35.5. The molecular weight excluding hydrogens is 220 g/mol. The molecule has 0 aliphatic carbocycles. The number of carbonyl (C=O) groups excluding carboxylic acids is 2. The van der Waals surface area contributed by atoms with Crippen molar-refractivity contribution < 1.29 is 9.59 Å². The van der Waals surface area contributed by atoms with Crippen LogP contribution in [-0.2, 0) is 9.59 Å². The number of alkyl halides is 1. The van der Waals surface area contributed by atoms with E-state index in [4.69, 9.17) is 11.6 Å². The molecule has 1 aromatic rings. The summed E-state index contributed by atoms with van der Waals surface area (Å²) in [5.41, 5.74) is 0.549. The number of halogens is 1. The Morgan fingerprint density at radius 2 is 2.40 bits per heavy atom. The van der Waals surface area contributed by atoms with Crippen LogP contribution < -0.4 is 10.6 Å². The summed E-state index contributed by atoms with van der Waals surface area (Å²) in [6, 6.07) is 0. The summed E-state index contributed by atoms with van der Waals surface area (Å²) >= 11 is 5.50. The lowest BCUT2D eigenvalue weighted by molar-refractivity contribution is -0.123. The predicted octanol–water partition coefficient (Wildman–Crippen LogP) is 0.0917. The summed E-state index contributed by atoms with van der Waals surface area (Å²) < 4.78 is 0. The van der Waals surface area contributed by atoms with Crippen molar-refractivity contribution in [2.24, 2.45) is 0 Å². The Kier molecular flexibility index (Phi) is 4.11. The van der Waals surface area contributed by atoms with Crippen molar-refractivity contribution in [2.45, 2.75) is 12.3 Å². The molecule has 0 aliphatic heterocycles. The van der Waals surface area contributed by atoms with Crippen LogP contribution in [0.1, 0.15) is 6.92 Å². The third-order valence-corrected chi connectivity index (χ3v) is 1.76. The Balaban J connectivity index is 2.28. The number of H-pyrrole nitrogens is 1. The first-order valence-electron chi connectivity index (χ1n) is 4.30. The van der Waals surface area contributed by atoms with E-state index < -0.39 is 5.38 Å². The van der Waals surface area contributed by atoms with Gasteiger partial charge in [0, 0.05) is 6.20 Å². The maximum absolute atomic E-state index is 11.2. The summed E-state index contributed by atoms with van der Waals surface area (Å²) in [6.07, 6.45) is 2.99. The molecule has 0 radical (unpaired) electrons. The van der Waals surface area contributed by atoms with Crippen LogP contribution in [0.3, 0.4) is 0 Å². The smallest absolute Gasteiger partial charge is 0.243 e. The number of anilines is 1. The standard InChI is InChI=1S/C8H11ClN4O2/c1-5(9)8(15)10-4-7(14)13-6-2-11-12-3-6/h2-3,5H,4H2,1H3,(H,10,15)(H,11,12)(H,13,14). The van der Waals surface area contributed by atoms with Crippen LogP contribution in [0, 0.1) is 0 Å². The molecule has 82 valence electrons. The fourth-order valence-electron chi connectivity index (χ4n) is 0.832. The molecule has 0 spiro atoms. The molecule has 0 fully saturated rings. The summed E-state index contributed by atoms with van der Waals surface area (Å²) in [5, 5.41) is 10.5. The monoisotopic (exact) mass is 230 g/mol. The number of aromatic nitrogens is 2. The van der Waals surface area contributed by atoms with Crippen LogP contribution in [0.4, 0.5) is 5.69 Å². The molecule has 1 unspecified atom stereocenters. The zero-order chi connectivity index (χ0) is 11.3. The van der Waals surface area contributed by atoms with Crippen molar-refractivity contribution in [3.63, 3.8) is 0 Å². The molecular formula is C8H11ClN4O2. The quantitative estimate of drug-likeness (QED) is 0.641. The van der Waals surface area contributed by atoms with Gasteiger partial charge >= 0.3 is 0 Å². The van der Waals surface area contributed by atoms with E-state index in [1.54, 1.807) is 0 Å². The minimum Gasteiger partial charge on any atom is -0.346 e. The second kappa shape index (κ2) is 5.35. The van der Waals surface area contributed by atoms with E-state index in [0.717, 1.165) is 0 Å². The van der Waals surface area contributed by atoms with Crippen molar-refractivity contribution in [1.29, 1.82) is 0 Å². The van der Waals surface area contributed by atoms with Crippen LogP contribution in [0.15, 0.2) is 12.4 Å². The first-order chi connectivity index (χ1) is 7.09. The van der Waals surface area contributed by atoms with Gasteiger partial charge in [0.25, 0.3) is 0 Å². The molecule has 0 bridgehead atoms. The lowest BCUT2D eigenvalue weighted by Crippen LogP contribution is -2.36. The number of nitrogens with zero attached hydrogens (tertiary/aromatic N) is 1. The first-order valence-corrected chi connectivity index (χ1v) is 4.73. The minimum atomic E-state index is -0.647. The third-order valence-electron chi connectivity index (χ3n) is 1.57. The lowest BCUT2D eigenvalue weighted by atomic mass is 10.4. The summed E-state index contributed by atoms with van der Waals surface area (Å²) in [4.78, 5) is 22.2. The van der Waals surface area contributed by atoms with Crippen LogP contribution in [0.2, 0.25) is 0 Å². The van der Waals surface area contributed by atoms with Crippen molar-refractivity contribution >= 4 is 29.1 Å². The van der Waals surface area contributed by atoms with Crippen LogP contribution in [0.25, 0.3) is 0 Å². The summed E-state index contributed by atoms with van der Waals surface area (Å²) in [5.74, 6) is -0.707. The van der Waals surface area contributed by atoms with Gasteiger partial charge in [-0.25, -0.2) is 0 Å². The highest BCUT2D eigenvalue weighted by Crippen LogP contribution is 1.99. The molecule has 1 heterocycles. The number of rotatable bonds is 4. The van der Waals surface area contributed by atoms with E-state index in [9.17, 15) is 9.59 Å². The molecule has 15 heavy (non-hydrogen) atoms. The minimum absolute atomic E-state index is 0.110. The van der Waals surface area contributed by atoms with Gasteiger partial charge in [-0.15, -0.1) is 11.6 Å². The van der Waals surface area contributed by atoms with Crippen LogP contribution in [-0.4, -0.2) is 33.9 Å². The molecule has 0 saturated heterocycles. The fourth-order valence-corrected chi connectivity index (χ4v) is 0.910. The molecule has 1 atom stereocenters. The zero-order valence-corrected chi connectivity index (χ0v) is 8.84. The van der Waals surface area contributed by atoms with E-state index in [2.05, 4.69) is 20.8 Å². The summed E-state index contributed by atoms with van der Waals surface area (Å²) in [7, 11) is 0. The average Bonchev–Trinajstić information content (AvgIpc) is 2.66. The van der Waals surface area contributed by atoms with E-state index >= 15 is 0 Å². The number of hydrogen-bond donors (Lipinski definition) is 3. The lowest BCUT2D eigenvalue weighted by Gasteiger charge is -2.05. The second-order valence-corrected chi connectivity index (χ2v) is 3.52. The Bertz CT molecular complexity index is 336. The van der Waals surface area contributed by atoms with Gasteiger partial charge in [0.1, 0.15) is 5.38 Å².